The molecule has 1 atom stereocenters. The van der Waals surface area contributed by atoms with E-state index in [1.54, 1.807) is 0 Å². The SMILES string of the molecule is CC(C)c1ccc([C@@H](C)NC(=O)C(C)(C)C)cc1. The van der Waals surface area contributed by atoms with Crippen molar-refractivity contribution in [2.45, 2.75) is 53.5 Å². The van der Waals surface area contributed by atoms with E-state index in [1.807, 2.05) is 27.7 Å². The zero-order valence-electron chi connectivity index (χ0n) is 12.4. The summed E-state index contributed by atoms with van der Waals surface area (Å²) in [4.78, 5) is 11.9. The van der Waals surface area contributed by atoms with Crippen molar-refractivity contribution in [1.82, 2.24) is 5.32 Å². The maximum Gasteiger partial charge on any atom is 0.225 e. The minimum Gasteiger partial charge on any atom is -0.349 e. The van der Waals surface area contributed by atoms with Crippen LogP contribution < -0.4 is 5.32 Å². The Morgan fingerprint density at radius 2 is 1.44 bits per heavy atom. The fraction of sp³-hybridized carbons (Fsp3) is 0.562. The molecule has 2 nitrogen and oxygen atoms in total. The van der Waals surface area contributed by atoms with Crippen LogP contribution >= 0.6 is 0 Å². The zero-order chi connectivity index (χ0) is 13.9. The molecule has 18 heavy (non-hydrogen) atoms. The molecular formula is C16H25NO. The average molecular weight is 247 g/mol. The third-order valence-electron chi connectivity index (χ3n) is 3.13. The van der Waals surface area contributed by atoms with Gasteiger partial charge in [-0.3, -0.25) is 4.79 Å². The van der Waals surface area contributed by atoms with Gasteiger partial charge in [0.1, 0.15) is 0 Å². The van der Waals surface area contributed by atoms with Crippen molar-refractivity contribution < 1.29 is 4.79 Å². The molecule has 1 amide bonds. The van der Waals surface area contributed by atoms with Gasteiger partial charge < -0.3 is 5.32 Å². The Labute approximate surface area is 111 Å². The number of hydrogen-bond donors (Lipinski definition) is 1. The topological polar surface area (TPSA) is 29.1 Å². The highest BCUT2D eigenvalue weighted by atomic mass is 16.2. The van der Waals surface area contributed by atoms with Gasteiger partial charge in [-0.15, -0.1) is 0 Å². The first kappa shape index (κ1) is 14.7. The minimum absolute atomic E-state index is 0.0536. The van der Waals surface area contributed by atoms with Crippen LogP contribution in [0.3, 0.4) is 0 Å². The lowest BCUT2D eigenvalue weighted by Gasteiger charge is -2.22. The molecule has 0 fully saturated rings. The first-order valence-corrected chi connectivity index (χ1v) is 6.62. The van der Waals surface area contributed by atoms with Crippen molar-refractivity contribution in [3.63, 3.8) is 0 Å². The van der Waals surface area contributed by atoms with Crippen LogP contribution in [0.1, 0.15) is 64.6 Å². The van der Waals surface area contributed by atoms with Crippen LogP contribution in [-0.4, -0.2) is 5.91 Å². The molecule has 0 saturated carbocycles. The summed E-state index contributed by atoms with van der Waals surface area (Å²) in [5.74, 6) is 0.626. The fourth-order valence-electron chi connectivity index (χ4n) is 1.67. The van der Waals surface area contributed by atoms with Gasteiger partial charge in [-0.05, 0) is 24.0 Å². The lowest BCUT2D eigenvalue weighted by atomic mass is 9.94. The second-order valence-electron chi connectivity index (χ2n) is 6.27. The third kappa shape index (κ3) is 3.86. The van der Waals surface area contributed by atoms with E-state index in [1.165, 1.54) is 5.56 Å². The molecule has 0 unspecified atom stereocenters. The summed E-state index contributed by atoms with van der Waals surface area (Å²) < 4.78 is 0. The average Bonchev–Trinajstić information content (AvgIpc) is 2.27. The molecule has 1 aromatic rings. The van der Waals surface area contributed by atoms with E-state index in [0.29, 0.717) is 5.92 Å². The van der Waals surface area contributed by atoms with E-state index in [0.717, 1.165) is 5.56 Å². The van der Waals surface area contributed by atoms with Crippen LogP contribution in [0.15, 0.2) is 24.3 Å². The van der Waals surface area contributed by atoms with Gasteiger partial charge in [-0.2, -0.15) is 0 Å². The van der Waals surface area contributed by atoms with Gasteiger partial charge >= 0.3 is 0 Å². The minimum atomic E-state index is -0.341. The quantitative estimate of drug-likeness (QED) is 0.858. The molecule has 0 saturated heterocycles. The normalized spacial score (nSPS) is 13.5. The summed E-state index contributed by atoms with van der Waals surface area (Å²) in [5.41, 5.74) is 2.14. The highest BCUT2D eigenvalue weighted by Crippen LogP contribution is 2.20. The number of rotatable bonds is 3. The molecule has 1 aromatic carbocycles. The van der Waals surface area contributed by atoms with Crippen molar-refractivity contribution in [2.24, 2.45) is 5.41 Å². The Morgan fingerprint density at radius 3 is 1.83 bits per heavy atom. The summed E-state index contributed by atoms with van der Waals surface area (Å²) >= 11 is 0. The van der Waals surface area contributed by atoms with Gasteiger partial charge in [-0.25, -0.2) is 0 Å². The molecule has 0 bridgehead atoms. The molecule has 100 valence electrons. The van der Waals surface area contributed by atoms with Crippen molar-refractivity contribution in [2.75, 3.05) is 0 Å². The molecule has 0 spiro atoms. The molecule has 0 aliphatic rings. The van der Waals surface area contributed by atoms with E-state index in [-0.39, 0.29) is 17.4 Å². The van der Waals surface area contributed by atoms with Crippen LogP contribution in [-0.2, 0) is 4.79 Å². The summed E-state index contributed by atoms with van der Waals surface area (Å²) in [6, 6.07) is 8.53. The first-order chi connectivity index (χ1) is 8.21. The maximum atomic E-state index is 11.9. The van der Waals surface area contributed by atoms with E-state index >= 15 is 0 Å². The third-order valence-corrected chi connectivity index (χ3v) is 3.13. The predicted molar refractivity (Wildman–Crippen MR) is 76.5 cm³/mol. The summed E-state index contributed by atoms with van der Waals surface area (Å²) in [7, 11) is 0. The highest BCUT2D eigenvalue weighted by Gasteiger charge is 2.22. The smallest absolute Gasteiger partial charge is 0.225 e. The lowest BCUT2D eigenvalue weighted by Crippen LogP contribution is -2.36. The van der Waals surface area contributed by atoms with Gasteiger partial charge in [0, 0.05) is 5.41 Å². The Hall–Kier alpha value is -1.31. The Morgan fingerprint density at radius 1 is 1.00 bits per heavy atom. The van der Waals surface area contributed by atoms with Crippen molar-refractivity contribution >= 4 is 5.91 Å². The van der Waals surface area contributed by atoms with Gasteiger partial charge in [0.15, 0.2) is 0 Å². The number of carbonyl (C=O) groups excluding carboxylic acids is 1. The van der Waals surface area contributed by atoms with Crippen molar-refractivity contribution in [3.8, 4) is 0 Å². The highest BCUT2D eigenvalue weighted by molar-refractivity contribution is 5.81. The van der Waals surface area contributed by atoms with E-state index in [9.17, 15) is 4.79 Å². The molecular weight excluding hydrogens is 222 g/mol. The predicted octanol–water partition coefficient (Wildman–Crippen LogP) is 4.03. The number of benzene rings is 1. The standard InChI is InChI=1S/C16H25NO/c1-11(2)13-7-9-14(10-8-13)12(3)17-15(18)16(4,5)6/h7-12H,1-6H3,(H,17,18)/t12-/m1/s1. The number of carbonyl (C=O) groups is 1. The molecule has 0 aliphatic heterocycles. The van der Waals surface area contributed by atoms with Crippen LogP contribution in [0.25, 0.3) is 0 Å². The molecule has 0 aliphatic carbocycles. The van der Waals surface area contributed by atoms with Crippen LogP contribution in [0, 0.1) is 5.41 Å². The lowest BCUT2D eigenvalue weighted by molar-refractivity contribution is -0.129. The zero-order valence-corrected chi connectivity index (χ0v) is 12.4. The van der Waals surface area contributed by atoms with E-state index in [2.05, 4.69) is 43.4 Å². The molecule has 2 heteroatoms. The largest absolute Gasteiger partial charge is 0.349 e. The van der Waals surface area contributed by atoms with Crippen LogP contribution in [0.4, 0.5) is 0 Å². The monoisotopic (exact) mass is 247 g/mol. The Balaban J connectivity index is 2.73. The van der Waals surface area contributed by atoms with Gasteiger partial charge in [0.25, 0.3) is 0 Å². The molecule has 0 heterocycles. The maximum absolute atomic E-state index is 11.9. The van der Waals surface area contributed by atoms with Crippen LogP contribution in [0.5, 0.6) is 0 Å². The number of amides is 1. The molecule has 0 radical (unpaired) electrons. The fourth-order valence-corrected chi connectivity index (χ4v) is 1.67. The van der Waals surface area contributed by atoms with E-state index in [4.69, 9.17) is 0 Å². The second-order valence-corrected chi connectivity index (χ2v) is 6.27. The molecule has 1 rings (SSSR count). The number of nitrogens with one attached hydrogen (secondary N) is 1. The summed E-state index contributed by atoms with van der Waals surface area (Å²) in [6.07, 6.45) is 0. The molecule has 1 N–H and O–H groups in total. The Kier molecular flexibility index (Phi) is 4.55. The number of hydrogen-bond acceptors (Lipinski definition) is 1. The molecule has 0 aromatic heterocycles. The first-order valence-electron chi connectivity index (χ1n) is 6.62. The van der Waals surface area contributed by atoms with E-state index < -0.39 is 0 Å². The van der Waals surface area contributed by atoms with Crippen molar-refractivity contribution in [1.29, 1.82) is 0 Å². The van der Waals surface area contributed by atoms with Gasteiger partial charge in [0.2, 0.25) is 5.91 Å². The van der Waals surface area contributed by atoms with Gasteiger partial charge in [0.05, 0.1) is 6.04 Å². The van der Waals surface area contributed by atoms with Crippen molar-refractivity contribution in [3.05, 3.63) is 35.4 Å². The van der Waals surface area contributed by atoms with Crippen LogP contribution in [0.2, 0.25) is 0 Å². The Bertz CT molecular complexity index is 398. The van der Waals surface area contributed by atoms with Gasteiger partial charge in [-0.1, -0.05) is 58.9 Å². The second kappa shape index (κ2) is 5.55. The summed E-state index contributed by atoms with van der Waals surface area (Å²) in [6.45, 7) is 12.2. The summed E-state index contributed by atoms with van der Waals surface area (Å²) in [5, 5.41) is 3.05.